The third kappa shape index (κ3) is 5.44. The Labute approximate surface area is 272 Å². The van der Waals surface area contributed by atoms with E-state index in [4.69, 9.17) is 28.4 Å². The average molecular weight is 649 g/mol. The Balaban J connectivity index is 1.38. The number of ether oxygens (including phenoxy) is 4. The Hall–Kier alpha value is -5.68. The molecule has 0 amide bonds. The molecule has 0 N–H and O–H groups in total. The molecule has 0 aliphatic carbocycles. The van der Waals surface area contributed by atoms with Crippen LogP contribution in [0, 0.1) is 6.92 Å². The summed E-state index contributed by atoms with van der Waals surface area (Å²) in [5.41, 5.74) is 3.73. The summed E-state index contributed by atoms with van der Waals surface area (Å²) in [4.78, 5) is 45.2. The van der Waals surface area contributed by atoms with Crippen LogP contribution in [-0.4, -0.2) is 37.0 Å². The molecule has 0 unspecified atom stereocenters. The maximum Gasteiger partial charge on any atom is 0.338 e. The van der Waals surface area contributed by atoms with Gasteiger partial charge in [0.25, 0.3) is 5.56 Å². The minimum absolute atomic E-state index is 0.0808. The van der Waals surface area contributed by atoms with Gasteiger partial charge < -0.3 is 23.4 Å². The van der Waals surface area contributed by atoms with E-state index in [1.165, 1.54) is 23.0 Å². The molecule has 10 nitrogen and oxygen atoms in total. The standard InChI is InChI=1S/C36H28N2O8S/c1-4-43-35(41)30-31(21-8-6-5-7-9-21)37-36-38(32(30)22-11-14-27-28(17-22)45-19-44-27)33(39)29(47-36)18-24-12-15-26(46-24)25-13-10-23(16-20(25)2)34(40)42-3/h5-18,32H,4,19H2,1-3H3/b29-18+/t32-/m1/s1. The summed E-state index contributed by atoms with van der Waals surface area (Å²) in [7, 11) is 1.34. The van der Waals surface area contributed by atoms with E-state index in [2.05, 4.69) is 0 Å². The van der Waals surface area contributed by atoms with E-state index in [0.717, 1.165) is 11.1 Å². The number of aromatic nitrogens is 1. The lowest BCUT2D eigenvalue weighted by atomic mass is 9.93. The molecule has 1 atom stereocenters. The van der Waals surface area contributed by atoms with Gasteiger partial charge in [0.05, 0.1) is 41.1 Å². The summed E-state index contributed by atoms with van der Waals surface area (Å²) in [5, 5.41) is 0. The van der Waals surface area contributed by atoms with Crippen molar-refractivity contribution >= 4 is 35.0 Å². The summed E-state index contributed by atoms with van der Waals surface area (Å²) in [6.07, 6.45) is 1.67. The quantitative estimate of drug-likeness (QED) is 0.226. The molecular formula is C36H28N2O8S. The van der Waals surface area contributed by atoms with Gasteiger partial charge in [-0.05, 0) is 61.4 Å². The second kappa shape index (κ2) is 12.3. The van der Waals surface area contributed by atoms with Gasteiger partial charge in [-0.25, -0.2) is 14.6 Å². The minimum Gasteiger partial charge on any atom is -0.465 e. The highest BCUT2D eigenvalue weighted by atomic mass is 32.1. The number of benzene rings is 3. The van der Waals surface area contributed by atoms with Crippen LogP contribution in [0.25, 0.3) is 23.1 Å². The van der Waals surface area contributed by atoms with E-state index >= 15 is 0 Å². The number of hydrogen-bond donors (Lipinski definition) is 0. The second-order valence-electron chi connectivity index (χ2n) is 10.8. The maximum atomic E-state index is 14.2. The van der Waals surface area contributed by atoms with Crippen LogP contribution in [0.4, 0.5) is 0 Å². The zero-order valence-electron chi connectivity index (χ0n) is 25.6. The zero-order valence-corrected chi connectivity index (χ0v) is 26.5. The molecule has 11 heteroatoms. The molecule has 0 bridgehead atoms. The highest BCUT2D eigenvalue weighted by Crippen LogP contribution is 2.40. The number of aryl methyl sites for hydroxylation is 1. The Kier molecular flexibility index (Phi) is 7.82. The smallest absolute Gasteiger partial charge is 0.338 e. The van der Waals surface area contributed by atoms with Gasteiger partial charge in [-0.15, -0.1) is 0 Å². The van der Waals surface area contributed by atoms with E-state index in [0.29, 0.717) is 54.7 Å². The summed E-state index contributed by atoms with van der Waals surface area (Å²) >= 11 is 1.20. The highest BCUT2D eigenvalue weighted by molar-refractivity contribution is 7.07. The first kappa shape index (κ1) is 30.0. The number of hydrogen-bond acceptors (Lipinski definition) is 10. The number of furan rings is 1. The zero-order chi connectivity index (χ0) is 32.7. The van der Waals surface area contributed by atoms with E-state index in [1.54, 1.807) is 49.4 Å². The predicted molar refractivity (Wildman–Crippen MR) is 174 cm³/mol. The molecule has 3 aromatic carbocycles. The fraction of sp³-hybridized carbons (Fsp3) is 0.167. The second-order valence-corrected chi connectivity index (χ2v) is 11.8. The van der Waals surface area contributed by atoms with Crippen LogP contribution in [-0.2, 0) is 14.3 Å². The van der Waals surface area contributed by atoms with Crippen LogP contribution in [0.2, 0.25) is 0 Å². The van der Waals surface area contributed by atoms with Crippen molar-refractivity contribution in [2.24, 2.45) is 4.99 Å². The summed E-state index contributed by atoms with van der Waals surface area (Å²) in [6, 6.07) is 22.6. The molecule has 0 saturated carbocycles. The molecule has 0 spiro atoms. The Morgan fingerprint density at radius 3 is 2.57 bits per heavy atom. The number of methoxy groups -OCH3 is 1. The highest BCUT2D eigenvalue weighted by Gasteiger charge is 2.36. The van der Waals surface area contributed by atoms with Crippen LogP contribution in [0.3, 0.4) is 0 Å². The Morgan fingerprint density at radius 2 is 1.81 bits per heavy atom. The first-order valence-corrected chi connectivity index (χ1v) is 15.6. The summed E-state index contributed by atoms with van der Waals surface area (Å²) in [5.74, 6) is 1.13. The van der Waals surface area contributed by atoms with Crippen molar-refractivity contribution in [1.82, 2.24) is 4.57 Å². The molecule has 0 radical (unpaired) electrons. The van der Waals surface area contributed by atoms with E-state index < -0.39 is 18.0 Å². The summed E-state index contributed by atoms with van der Waals surface area (Å²) in [6.45, 7) is 3.84. The van der Waals surface area contributed by atoms with E-state index in [1.807, 2.05) is 49.4 Å². The maximum absolute atomic E-state index is 14.2. The fourth-order valence-corrected chi connectivity index (χ4v) is 6.71. The van der Waals surface area contributed by atoms with Crippen LogP contribution in [0.5, 0.6) is 11.5 Å². The molecular weight excluding hydrogens is 620 g/mol. The van der Waals surface area contributed by atoms with Gasteiger partial charge in [0.1, 0.15) is 11.5 Å². The fourth-order valence-electron chi connectivity index (χ4n) is 5.73. The predicted octanol–water partition coefficient (Wildman–Crippen LogP) is 5.02. The topological polar surface area (TPSA) is 119 Å². The van der Waals surface area contributed by atoms with Crippen molar-refractivity contribution in [2.45, 2.75) is 19.9 Å². The van der Waals surface area contributed by atoms with Gasteiger partial charge >= 0.3 is 11.9 Å². The molecule has 5 aromatic rings. The van der Waals surface area contributed by atoms with Gasteiger partial charge in [-0.3, -0.25) is 9.36 Å². The van der Waals surface area contributed by atoms with Gasteiger partial charge in [0.15, 0.2) is 16.3 Å². The summed E-state index contributed by atoms with van der Waals surface area (Å²) < 4.78 is 29.6. The lowest BCUT2D eigenvalue weighted by molar-refractivity contribution is -0.138. The molecule has 236 valence electrons. The van der Waals surface area contributed by atoms with Crippen LogP contribution < -0.4 is 24.4 Å². The van der Waals surface area contributed by atoms with E-state index in [-0.39, 0.29) is 24.5 Å². The van der Waals surface area contributed by atoms with Gasteiger partial charge in [0, 0.05) is 17.2 Å². The SMILES string of the molecule is CCOC(=O)C1=C(c2ccccc2)N=c2s/c(=C/c3ccc(-c4ccc(C(=O)OC)cc4C)o3)c(=O)n2[C@@H]1c1ccc2c(c1)OCO2. The largest absolute Gasteiger partial charge is 0.465 e. The van der Waals surface area contributed by atoms with Crippen molar-refractivity contribution in [3.8, 4) is 22.8 Å². The Bertz CT molecular complexity index is 2260. The number of carbonyl (C=O) groups is 2. The van der Waals surface area contributed by atoms with Gasteiger partial charge in [0.2, 0.25) is 6.79 Å². The molecule has 0 saturated heterocycles. The number of thiazole rings is 1. The number of esters is 2. The van der Waals surface area contributed by atoms with Gasteiger partial charge in [-0.2, -0.15) is 0 Å². The molecule has 2 aromatic heterocycles. The van der Waals surface area contributed by atoms with Crippen molar-refractivity contribution < 1.29 is 33.0 Å². The first-order chi connectivity index (χ1) is 22.9. The molecule has 0 fully saturated rings. The van der Waals surface area contributed by atoms with Crippen molar-refractivity contribution in [2.75, 3.05) is 20.5 Å². The number of carbonyl (C=O) groups excluding carboxylic acids is 2. The molecule has 4 heterocycles. The van der Waals surface area contributed by atoms with Crippen molar-refractivity contribution in [3.05, 3.63) is 132 Å². The Morgan fingerprint density at radius 1 is 1.00 bits per heavy atom. The number of rotatable bonds is 7. The monoisotopic (exact) mass is 648 g/mol. The minimum atomic E-state index is -0.861. The van der Waals surface area contributed by atoms with Crippen LogP contribution in [0.1, 0.15) is 45.8 Å². The van der Waals surface area contributed by atoms with Crippen molar-refractivity contribution in [3.63, 3.8) is 0 Å². The average Bonchev–Trinajstić information content (AvgIpc) is 3.83. The third-order valence-corrected chi connectivity index (χ3v) is 8.88. The molecule has 2 aliphatic rings. The lowest BCUT2D eigenvalue weighted by Crippen LogP contribution is -2.40. The molecule has 47 heavy (non-hydrogen) atoms. The normalized spacial score (nSPS) is 15.3. The molecule has 2 aliphatic heterocycles. The van der Waals surface area contributed by atoms with Gasteiger partial charge in [-0.1, -0.05) is 53.8 Å². The number of nitrogens with zero attached hydrogens (tertiary/aromatic N) is 2. The number of fused-ring (bicyclic) bond motifs is 2. The van der Waals surface area contributed by atoms with E-state index in [9.17, 15) is 14.4 Å². The third-order valence-electron chi connectivity index (χ3n) is 7.90. The van der Waals surface area contributed by atoms with Crippen LogP contribution >= 0.6 is 11.3 Å². The first-order valence-electron chi connectivity index (χ1n) is 14.8. The van der Waals surface area contributed by atoms with Crippen molar-refractivity contribution in [1.29, 1.82) is 0 Å². The molecule has 7 rings (SSSR count). The van der Waals surface area contributed by atoms with Crippen LogP contribution in [0.15, 0.2) is 98.6 Å². The lowest BCUT2D eigenvalue weighted by Gasteiger charge is -2.26.